The molecule has 1 atom stereocenters. The summed E-state index contributed by atoms with van der Waals surface area (Å²) < 4.78 is 0. The lowest BCUT2D eigenvalue weighted by Crippen LogP contribution is -2.39. The SMILES string of the molecule is C.C=C(N)C1=CC(N2CCC(CC(C)C)CC2)=NCC1C.[HH]. The van der Waals surface area contributed by atoms with E-state index in [4.69, 9.17) is 10.7 Å². The summed E-state index contributed by atoms with van der Waals surface area (Å²) in [6.07, 6.45) is 6.09. The summed E-state index contributed by atoms with van der Waals surface area (Å²) in [5.41, 5.74) is 7.75. The number of hydrogen-bond donors (Lipinski definition) is 1. The van der Waals surface area contributed by atoms with Gasteiger partial charge in [0.15, 0.2) is 0 Å². The van der Waals surface area contributed by atoms with E-state index in [1.807, 2.05) is 0 Å². The van der Waals surface area contributed by atoms with Crippen LogP contribution in [0.4, 0.5) is 0 Å². The number of hydrogen-bond acceptors (Lipinski definition) is 3. The molecule has 3 nitrogen and oxygen atoms in total. The van der Waals surface area contributed by atoms with Crippen molar-refractivity contribution in [1.29, 1.82) is 0 Å². The number of allylic oxidation sites excluding steroid dienone is 1. The van der Waals surface area contributed by atoms with E-state index in [0.717, 1.165) is 37.3 Å². The first-order valence-electron chi connectivity index (χ1n) is 7.93. The highest BCUT2D eigenvalue weighted by Gasteiger charge is 2.24. The van der Waals surface area contributed by atoms with Gasteiger partial charge in [0, 0.05) is 32.7 Å². The molecular formula is C18H35N3. The van der Waals surface area contributed by atoms with Crippen LogP contribution in [0.3, 0.4) is 0 Å². The van der Waals surface area contributed by atoms with Crippen LogP contribution in [0.2, 0.25) is 0 Å². The van der Waals surface area contributed by atoms with Gasteiger partial charge in [-0.3, -0.25) is 4.99 Å². The normalized spacial score (nSPS) is 23.4. The Hall–Kier alpha value is -1.25. The molecule has 1 unspecified atom stereocenters. The molecule has 0 aromatic heterocycles. The van der Waals surface area contributed by atoms with Crippen LogP contribution in [0.15, 0.2) is 28.9 Å². The second kappa shape index (κ2) is 7.67. The summed E-state index contributed by atoms with van der Waals surface area (Å²) in [6, 6.07) is 0. The number of piperidine rings is 1. The van der Waals surface area contributed by atoms with Crippen LogP contribution in [0.1, 0.15) is 48.9 Å². The molecule has 1 saturated heterocycles. The maximum atomic E-state index is 5.89. The van der Waals surface area contributed by atoms with Gasteiger partial charge in [-0.2, -0.15) is 0 Å². The minimum Gasteiger partial charge on any atom is -0.399 e. The summed E-state index contributed by atoms with van der Waals surface area (Å²) in [5.74, 6) is 3.22. The average Bonchev–Trinajstić information content (AvgIpc) is 2.39. The van der Waals surface area contributed by atoms with Crippen LogP contribution in [0.25, 0.3) is 0 Å². The third kappa shape index (κ3) is 4.62. The highest BCUT2D eigenvalue weighted by molar-refractivity contribution is 5.95. The van der Waals surface area contributed by atoms with Crippen LogP contribution < -0.4 is 5.73 Å². The molecule has 2 aliphatic heterocycles. The maximum Gasteiger partial charge on any atom is 0.123 e. The van der Waals surface area contributed by atoms with Gasteiger partial charge in [-0.1, -0.05) is 34.8 Å². The summed E-state index contributed by atoms with van der Waals surface area (Å²) in [4.78, 5) is 7.14. The van der Waals surface area contributed by atoms with Crippen molar-refractivity contribution in [2.24, 2.45) is 28.5 Å². The molecule has 0 saturated carbocycles. The van der Waals surface area contributed by atoms with E-state index in [0.29, 0.717) is 11.6 Å². The number of dihydropyridines is 1. The minimum absolute atomic E-state index is 0. The van der Waals surface area contributed by atoms with Crippen molar-refractivity contribution in [3.63, 3.8) is 0 Å². The van der Waals surface area contributed by atoms with Crippen molar-refractivity contribution in [2.75, 3.05) is 19.6 Å². The molecule has 0 aromatic rings. The molecule has 122 valence electrons. The number of likely N-dealkylation sites (tertiary alicyclic amines) is 1. The summed E-state index contributed by atoms with van der Waals surface area (Å²) in [5, 5.41) is 0. The largest absolute Gasteiger partial charge is 0.399 e. The van der Waals surface area contributed by atoms with E-state index in [1.165, 1.54) is 24.8 Å². The van der Waals surface area contributed by atoms with Crippen molar-refractivity contribution in [3.8, 4) is 0 Å². The smallest absolute Gasteiger partial charge is 0.123 e. The Morgan fingerprint density at radius 2 is 2.10 bits per heavy atom. The lowest BCUT2D eigenvalue weighted by Gasteiger charge is -2.35. The molecule has 0 aromatic carbocycles. The van der Waals surface area contributed by atoms with E-state index in [-0.39, 0.29) is 8.85 Å². The Labute approximate surface area is 132 Å². The zero-order valence-electron chi connectivity index (χ0n) is 13.2. The van der Waals surface area contributed by atoms with Crippen molar-refractivity contribution >= 4 is 5.84 Å². The number of nitrogens with two attached hydrogens (primary N) is 1. The van der Waals surface area contributed by atoms with Crippen LogP contribution in [-0.2, 0) is 0 Å². The predicted octanol–water partition coefficient (Wildman–Crippen LogP) is 4.07. The van der Waals surface area contributed by atoms with Crippen LogP contribution in [0.5, 0.6) is 0 Å². The minimum atomic E-state index is 0. The lowest BCUT2D eigenvalue weighted by atomic mass is 9.88. The third-order valence-electron chi connectivity index (χ3n) is 4.46. The molecule has 0 bridgehead atoms. The van der Waals surface area contributed by atoms with Gasteiger partial charge in [0.25, 0.3) is 0 Å². The molecule has 2 heterocycles. The quantitative estimate of drug-likeness (QED) is 0.852. The van der Waals surface area contributed by atoms with Crippen molar-refractivity contribution in [3.05, 3.63) is 23.9 Å². The van der Waals surface area contributed by atoms with E-state index < -0.39 is 0 Å². The number of rotatable bonds is 3. The van der Waals surface area contributed by atoms with E-state index in [2.05, 4.69) is 38.3 Å². The fourth-order valence-corrected chi connectivity index (χ4v) is 3.32. The van der Waals surface area contributed by atoms with Gasteiger partial charge in [0.05, 0.1) is 0 Å². The standard InChI is InChI=1S/C17H29N3.CH4.H2/c1-12(2)9-15-5-7-20(8-6-15)17-10-16(14(4)18)13(3)11-19-17;;/h10,12-13,15H,4-9,11,18H2,1-3H3;1H4;1H. The Balaban J connectivity index is 0.00000220. The zero-order chi connectivity index (χ0) is 14.7. The molecule has 2 N–H and O–H groups in total. The number of aliphatic imine (C=N–C) groups is 1. The van der Waals surface area contributed by atoms with Crippen LogP contribution in [0, 0.1) is 17.8 Å². The molecule has 0 amide bonds. The molecule has 2 rings (SSSR count). The van der Waals surface area contributed by atoms with Crippen molar-refractivity contribution in [2.45, 2.75) is 47.5 Å². The molecule has 21 heavy (non-hydrogen) atoms. The van der Waals surface area contributed by atoms with Gasteiger partial charge in [-0.15, -0.1) is 0 Å². The summed E-state index contributed by atoms with van der Waals surface area (Å²) in [7, 11) is 0. The molecule has 3 heteroatoms. The Bertz CT molecular complexity index is 418. The van der Waals surface area contributed by atoms with E-state index >= 15 is 0 Å². The van der Waals surface area contributed by atoms with Gasteiger partial charge in [0.2, 0.25) is 0 Å². The summed E-state index contributed by atoms with van der Waals surface area (Å²) in [6.45, 7) is 13.8. The molecule has 2 aliphatic rings. The second-order valence-electron chi connectivity index (χ2n) is 6.78. The number of amidine groups is 1. The third-order valence-corrected chi connectivity index (χ3v) is 4.46. The van der Waals surface area contributed by atoms with Gasteiger partial charge in [-0.05, 0) is 42.7 Å². The second-order valence-corrected chi connectivity index (χ2v) is 6.78. The van der Waals surface area contributed by atoms with Gasteiger partial charge in [-0.25, -0.2) is 0 Å². The Morgan fingerprint density at radius 1 is 1.48 bits per heavy atom. The van der Waals surface area contributed by atoms with E-state index in [9.17, 15) is 0 Å². The molecule has 0 radical (unpaired) electrons. The molecule has 0 aliphatic carbocycles. The molecule has 0 spiro atoms. The fourth-order valence-electron chi connectivity index (χ4n) is 3.32. The van der Waals surface area contributed by atoms with Gasteiger partial charge >= 0.3 is 0 Å². The monoisotopic (exact) mass is 293 g/mol. The van der Waals surface area contributed by atoms with Crippen LogP contribution in [-0.4, -0.2) is 30.4 Å². The molecular weight excluding hydrogens is 258 g/mol. The first-order valence-corrected chi connectivity index (χ1v) is 7.93. The Kier molecular flexibility index (Phi) is 6.50. The Morgan fingerprint density at radius 3 is 2.62 bits per heavy atom. The van der Waals surface area contributed by atoms with Gasteiger partial charge < -0.3 is 10.6 Å². The predicted molar refractivity (Wildman–Crippen MR) is 95.5 cm³/mol. The molecule has 1 fully saturated rings. The first-order chi connectivity index (χ1) is 9.47. The fraction of sp³-hybridized carbons (Fsp3) is 0.722. The average molecular weight is 293 g/mol. The highest BCUT2D eigenvalue weighted by Crippen LogP contribution is 2.26. The van der Waals surface area contributed by atoms with Crippen LogP contribution >= 0.6 is 0 Å². The van der Waals surface area contributed by atoms with Gasteiger partial charge in [0.1, 0.15) is 5.84 Å². The van der Waals surface area contributed by atoms with Crippen molar-refractivity contribution in [1.82, 2.24) is 4.90 Å². The maximum absolute atomic E-state index is 5.89. The highest BCUT2D eigenvalue weighted by atomic mass is 15.2. The lowest BCUT2D eigenvalue weighted by molar-refractivity contribution is 0.239. The zero-order valence-corrected chi connectivity index (χ0v) is 13.2. The van der Waals surface area contributed by atoms with Crippen molar-refractivity contribution < 1.29 is 1.43 Å². The summed E-state index contributed by atoms with van der Waals surface area (Å²) >= 11 is 0. The topological polar surface area (TPSA) is 41.6 Å². The van der Waals surface area contributed by atoms with E-state index in [1.54, 1.807) is 0 Å². The first kappa shape index (κ1) is 17.8. The number of nitrogens with zero attached hydrogens (tertiary/aromatic N) is 2.